The highest BCUT2D eigenvalue weighted by Gasteiger charge is 2.37. The van der Waals surface area contributed by atoms with Crippen LogP contribution in [0.4, 0.5) is 0 Å². The molecule has 0 radical (unpaired) electrons. The van der Waals surface area contributed by atoms with Crippen LogP contribution in [-0.2, 0) is 41.5 Å². The Morgan fingerprint density at radius 3 is 1.16 bits per heavy atom. The molecule has 4 aliphatic heterocycles. The minimum Gasteiger partial charge on any atom is -0.487 e. The summed E-state index contributed by atoms with van der Waals surface area (Å²) in [5.74, 6) is 9.06. The first-order valence-electron chi connectivity index (χ1n) is 39.2. The van der Waals surface area contributed by atoms with Gasteiger partial charge < -0.3 is 38.2 Å². The first kappa shape index (κ1) is 82.5. The third-order valence-corrected chi connectivity index (χ3v) is 24.9. The quantitative estimate of drug-likeness (QED) is 0.0270. The standard InChI is InChI=1S/C83H138N2O10S2/c1-58(2)25-17-27-60(5)29-19-31-62(7)33-21-43-82(15)45-41-72-68(13)78(64(9)66(11)80(72)94-82)92-76(88)39-37-74(86)90-55-70-35-23-47-84(53-70)49-51-96-57-97-52-50-85-48-24-36-71(54-85)56-91-75(87)38-40-77(89)93-79-65(10)67(12)81-73(69(79)14)42-46-83(16,95-81)44-22-34-63(8)32-20-30-61(6)28-18-26-59(3)4/h58-63,70-71H,17-57H2,1-16H3. The van der Waals surface area contributed by atoms with Gasteiger partial charge in [0, 0.05) is 65.7 Å². The summed E-state index contributed by atoms with van der Waals surface area (Å²) in [6.07, 6.45) is 30.9. The second-order valence-corrected chi connectivity index (χ2v) is 35.3. The van der Waals surface area contributed by atoms with Crippen LogP contribution in [0.1, 0.15) is 294 Å². The summed E-state index contributed by atoms with van der Waals surface area (Å²) in [5, 5.41) is 1.05. The van der Waals surface area contributed by atoms with E-state index in [1.807, 2.05) is 51.2 Å². The van der Waals surface area contributed by atoms with Crippen LogP contribution in [0, 0.1) is 88.9 Å². The first-order valence-corrected chi connectivity index (χ1v) is 41.5. The number of carbonyl (C=O) groups excluding carboxylic acids is 4. The fourth-order valence-corrected chi connectivity index (χ4v) is 17.9. The van der Waals surface area contributed by atoms with Crippen molar-refractivity contribution in [3.8, 4) is 23.0 Å². The molecule has 6 rings (SSSR count). The van der Waals surface area contributed by atoms with Crippen molar-refractivity contribution in [2.75, 3.05) is 69.1 Å². The zero-order valence-electron chi connectivity index (χ0n) is 64.4. The van der Waals surface area contributed by atoms with Gasteiger partial charge >= 0.3 is 23.9 Å². The average molecular weight is 1390 g/mol. The van der Waals surface area contributed by atoms with Crippen molar-refractivity contribution in [2.24, 2.45) is 47.3 Å². The Morgan fingerprint density at radius 2 is 0.804 bits per heavy atom. The van der Waals surface area contributed by atoms with Crippen LogP contribution in [0.25, 0.3) is 0 Å². The monoisotopic (exact) mass is 1390 g/mol. The number of benzene rings is 2. The number of ether oxygens (including phenoxy) is 6. The molecule has 0 aromatic heterocycles. The van der Waals surface area contributed by atoms with Crippen LogP contribution >= 0.6 is 23.5 Å². The van der Waals surface area contributed by atoms with E-state index in [0.717, 1.165) is 212 Å². The number of hydrogen-bond donors (Lipinski definition) is 0. The highest BCUT2D eigenvalue weighted by molar-refractivity contribution is 8.16. The molecule has 4 heterocycles. The topological polar surface area (TPSA) is 130 Å². The van der Waals surface area contributed by atoms with Gasteiger partial charge in [0.1, 0.15) is 34.2 Å². The van der Waals surface area contributed by atoms with Gasteiger partial charge in [-0.2, -0.15) is 0 Å². The Bertz CT molecular complexity index is 2570. The number of nitrogens with zero attached hydrogens (tertiary/aromatic N) is 2. The van der Waals surface area contributed by atoms with Gasteiger partial charge in [-0.05, 0) is 214 Å². The minimum absolute atomic E-state index is 0.00449. The molecule has 0 aliphatic carbocycles. The second-order valence-electron chi connectivity index (χ2n) is 32.7. The van der Waals surface area contributed by atoms with Gasteiger partial charge in [-0.1, -0.05) is 145 Å². The summed E-state index contributed by atoms with van der Waals surface area (Å²) in [6.45, 7) is 42.6. The molecular formula is C83H138N2O10S2. The number of fused-ring (bicyclic) bond motifs is 2. The Hall–Kier alpha value is -3.46. The van der Waals surface area contributed by atoms with E-state index in [0.29, 0.717) is 36.5 Å². The summed E-state index contributed by atoms with van der Waals surface area (Å²) >= 11 is 3.96. The van der Waals surface area contributed by atoms with Crippen LogP contribution in [-0.4, -0.2) is 114 Å². The molecule has 8 unspecified atom stereocenters. The van der Waals surface area contributed by atoms with Gasteiger partial charge in [0.15, 0.2) is 0 Å². The minimum atomic E-state index is -0.410. The van der Waals surface area contributed by atoms with Gasteiger partial charge in [-0.25, -0.2) is 0 Å². The van der Waals surface area contributed by atoms with E-state index in [1.54, 1.807) is 0 Å². The highest BCUT2D eigenvalue weighted by Crippen LogP contribution is 2.47. The van der Waals surface area contributed by atoms with Crippen molar-refractivity contribution >= 4 is 47.4 Å². The van der Waals surface area contributed by atoms with Crippen LogP contribution in [0.2, 0.25) is 0 Å². The maximum atomic E-state index is 13.3. The van der Waals surface area contributed by atoms with Crippen LogP contribution in [0.15, 0.2) is 0 Å². The van der Waals surface area contributed by atoms with Gasteiger partial charge in [-0.3, -0.25) is 19.2 Å². The number of piperidine rings is 2. The van der Waals surface area contributed by atoms with E-state index in [9.17, 15) is 19.2 Å². The van der Waals surface area contributed by atoms with E-state index in [4.69, 9.17) is 28.4 Å². The maximum Gasteiger partial charge on any atom is 0.311 e. The molecule has 2 saturated heterocycles. The van der Waals surface area contributed by atoms with Crippen LogP contribution < -0.4 is 18.9 Å². The van der Waals surface area contributed by atoms with Crippen molar-refractivity contribution in [1.29, 1.82) is 0 Å². The smallest absolute Gasteiger partial charge is 0.311 e. The number of rotatable bonds is 44. The molecule has 0 bridgehead atoms. The van der Waals surface area contributed by atoms with E-state index >= 15 is 0 Å². The van der Waals surface area contributed by atoms with Gasteiger partial charge in [-0.15, -0.1) is 23.5 Å². The number of likely N-dealkylation sites (tertiary alicyclic amines) is 2. The molecule has 2 fully saturated rings. The summed E-state index contributed by atoms with van der Waals surface area (Å²) in [5.41, 5.74) is 7.68. The Kier molecular flexibility index (Phi) is 35.9. The van der Waals surface area contributed by atoms with E-state index in [1.165, 1.54) is 103 Å². The van der Waals surface area contributed by atoms with Crippen molar-refractivity contribution in [1.82, 2.24) is 9.80 Å². The van der Waals surface area contributed by atoms with Gasteiger partial charge in [0.2, 0.25) is 0 Å². The Labute approximate surface area is 599 Å². The zero-order valence-corrected chi connectivity index (χ0v) is 66.0. The molecule has 0 amide bonds. The lowest BCUT2D eigenvalue weighted by Crippen LogP contribution is -2.39. The summed E-state index contributed by atoms with van der Waals surface area (Å²) < 4.78 is 37.3. The first-order chi connectivity index (χ1) is 46.2. The average Bonchev–Trinajstić information content (AvgIpc) is 0.771. The Balaban J connectivity index is 0.780. The van der Waals surface area contributed by atoms with Crippen LogP contribution in [0.3, 0.4) is 0 Å². The molecule has 552 valence electrons. The zero-order chi connectivity index (χ0) is 70.7. The fourth-order valence-electron chi connectivity index (χ4n) is 15.7. The predicted octanol–water partition coefficient (Wildman–Crippen LogP) is 20.6. The molecule has 2 aromatic rings. The van der Waals surface area contributed by atoms with Crippen LogP contribution in [0.5, 0.6) is 23.0 Å². The second kappa shape index (κ2) is 42.2. The van der Waals surface area contributed by atoms with Crippen molar-refractivity contribution in [3.05, 3.63) is 44.5 Å². The number of carbonyl (C=O) groups is 4. The number of esters is 4. The van der Waals surface area contributed by atoms with E-state index in [-0.39, 0.29) is 48.8 Å². The van der Waals surface area contributed by atoms with E-state index < -0.39 is 11.9 Å². The van der Waals surface area contributed by atoms with Crippen molar-refractivity contribution < 1.29 is 47.6 Å². The van der Waals surface area contributed by atoms with E-state index in [2.05, 4.69) is 92.9 Å². The maximum absolute atomic E-state index is 13.3. The third kappa shape index (κ3) is 28.7. The molecule has 2 aromatic carbocycles. The van der Waals surface area contributed by atoms with Crippen molar-refractivity contribution in [2.45, 2.75) is 315 Å². The molecule has 8 atom stereocenters. The van der Waals surface area contributed by atoms with Gasteiger partial charge in [0.05, 0.1) is 38.9 Å². The summed E-state index contributed by atoms with van der Waals surface area (Å²) in [4.78, 5) is 57.5. The molecular weight excluding hydrogens is 1250 g/mol. The van der Waals surface area contributed by atoms with Crippen molar-refractivity contribution in [3.63, 3.8) is 0 Å². The Morgan fingerprint density at radius 1 is 0.464 bits per heavy atom. The molecule has 4 aliphatic rings. The lowest BCUT2D eigenvalue weighted by atomic mass is 9.83. The fraction of sp³-hybridized carbons (Fsp3) is 0.807. The molecule has 12 nitrogen and oxygen atoms in total. The predicted molar refractivity (Wildman–Crippen MR) is 405 cm³/mol. The molecule has 97 heavy (non-hydrogen) atoms. The van der Waals surface area contributed by atoms with Gasteiger partial charge in [0.25, 0.3) is 0 Å². The largest absolute Gasteiger partial charge is 0.487 e. The SMILES string of the molecule is Cc1c(C)c2c(c(C)c1OC(=O)CCC(=O)OCC1CCCN(CCSCSCCN3CCCC(COC(=O)CCC(=O)Oc4c(C)c(C)c5c(c4C)CCC(C)(CCCC(C)CCCC(C)CCCC(C)C)O5)C3)C1)CCC(C)(CCCC(C)CCCC(C)CCCC(C)C)O2. The number of thioether (sulfide) groups is 2. The molecule has 0 spiro atoms. The summed E-state index contributed by atoms with van der Waals surface area (Å²) in [6, 6.07) is 0. The lowest BCUT2D eigenvalue weighted by Gasteiger charge is -2.38. The normalized spacial score (nSPS) is 21.1. The number of hydrogen-bond acceptors (Lipinski definition) is 14. The summed E-state index contributed by atoms with van der Waals surface area (Å²) in [7, 11) is 0. The highest BCUT2D eigenvalue weighted by atomic mass is 32.2. The molecule has 14 heteroatoms. The third-order valence-electron chi connectivity index (χ3n) is 22.6. The molecule has 0 saturated carbocycles. The lowest BCUT2D eigenvalue weighted by molar-refractivity contribution is -0.148. The molecule has 0 N–H and O–H groups in total.